The average Bonchev–Trinajstić information content (AvgIpc) is 2.15. The molecule has 1 aromatic rings. The van der Waals surface area contributed by atoms with E-state index in [1.165, 1.54) is 5.56 Å². The number of hydrogen-bond acceptors (Lipinski definition) is 3. The Balaban J connectivity index is 0.000000423. The van der Waals surface area contributed by atoms with Crippen molar-refractivity contribution in [2.45, 2.75) is 13.5 Å². The molecule has 1 aromatic carbocycles. The Morgan fingerprint density at radius 2 is 1.93 bits per heavy atom. The van der Waals surface area contributed by atoms with E-state index in [1.54, 1.807) is 5.32 Å². The highest BCUT2D eigenvalue weighted by molar-refractivity contribution is 5.63. The molecule has 5 heteroatoms. The first-order valence-electron chi connectivity index (χ1n) is 4.41. The van der Waals surface area contributed by atoms with Crippen molar-refractivity contribution in [3.8, 4) is 0 Å². The van der Waals surface area contributed by atoms with Gasteiger partial charge in [0.2, 0.25) is 0 Å². The maximum atomic E-state index is 8.89. The summed E-state index contributed by atoms with van der Waals surface area (Å²) < 4.78 is 0. The third kappa shape index (κ3) is 10.0. The number of aliphatic carboxylic acids is 1. The van der Waals surface area contributed by atoms with Crippen molar-refractivity contribution in [1.29, 1.82) is 5.41 Å². The zero-order chi connectivity index (χ0) is 11.7. The summed E-state index contributed by atoms with van der Waals surface area (Å²) in [5.41, 5.74) is 6.35. The number of rotatable bonds is 2. The van der Waals surface area contributed by atoms with Crippen molar-refractivity contribution in [2.24, 2.45) is 5.73 Å². The van der Waals surface area contributed by atoms with E-state index in [2.05, 4.69) is 0 Å². The maximum Gasteiger partial charge on any atom is 0.289 e. The Bertz CT molecular complexity index is 308. The molecule has 0 aliphatic heterocycles. The average molecular weight is 209 g/mol. The highest BCUT2D eigenvalue weighted by Gasteiger charge is 1.94. The molecule has 82 valence electrons. The molecule has 5 N–H and O–H groups in total. The van der Waals surface area contributed by atoms with Gasteiger partial charge >= 0.3 is 0 Å². The van der Waals surface area contributed by atoms with Gasteiger partial charge in [-0.05, 0) is 6.92 Å². The molecule has 5 nitrogen and oxygen atoms in total. The fourth-order valence-electron chi connectivity index (χ4n) is 0.842. The summed E-state index contributed by atoms with van der Waals surface area (Å²) in [4.78, 5) is 8.89. The smallest absolute Gasteiger partial charge is 0.289 e. The molecule has 0 aliphatic rings. The highest BCUT2D eigenvalue weighted by atomic mass is 16.4. The number of nitrogens with two attached hydrogens (primary N) is 2. The van der Waals surface area contributed by atoms with Gasteiger partial charge in [-0.2, -0.15) is 0 Å². The number of quaternary nitrogens is 1. The van der Waals surface area contributed by atoms with Crippen LogP contribution in [0.5, 0.6) is 0 Å². The van der Waals surface area contributed by atoms with Gasteiger partial charge in [0.15, 0.2) is 0 Å². The second-order valence-electron chi connectivity index (χ2n) is 2.84. The third-order valence-electron chi connectivity index (χ3n) is 1.40. The lowest BCUT2D eigenvalue weighted by atomic mass is 10.2. The Morgan fingerprint density at radius 1 is 1.47 bits per heavy atom. The normalized spacial score (nSPS) is 8.60. The van der Waals surface area contributed by atoms with E-state index >= 15 is 0 Å². The van der Waals surface area contributed by atoms with E-state index in [-0.39, 0.29) is 5.96 Å². The van der Waals surface area contributed by atoms with Crippen LogP contribution in [0, 0.1) is 5.41 Å². The number of carbonyl (C=O) groups is 1. The first kappa shape index (κ1) is 13.1. The van der Waals surface area contributed by atoms with Crippen LogP contribution in [0.1, 0.15) is 12.5 Å². The first-order valence-corrected chi connectivity index (χ1v) is 4.41. The van der Waals surface area contributed by atoms with Crippen molar-refractivity contribution in [1.82, 2.24) is 0 Å². The molecule has 0 spiro atoms. The molecule has 0 unspecified atom stereocenters. The molecule has 0 fully saturated rings. The van der Waals surface area contributed by atoms with Gasteiger partial charge in [-0.3, -0.25) is 5.32 Å². The topological polar surface area (TPSA) is 107 Å². The summed E-state index contributed by atoms with van der Waals surface area (Å²) >= 11 is 0. The summed E-state index contributed by atoms with van der Waals surface area (Å²) in [6.07, 6.45) is 0. The summed E-state index contributed by atoms with van der Waals surface area (Å²) in [6, 6.07) is 9.95. The molecule has 0 amide bonds. The maximum absolute atomic E-state index is 8.89. The van der Waals surface area contributed by atoms with E-state index in [0.717, 1.165) is 13.5 Å². The van der Waals surface area contributed by atoms with Gasteiger partial charge in [0.25, 0.3) is 5.96 Å². The van der Waals surface area contributed by atoms with Crippen molar-refractivity contribution in [2.75, 3.05) is 0 Å². The van der Waals surface area contributed by atoms with Crippen LogP contribution >= 0.6 is 0 Å². The van der Waals surface area contributed by atoms with Crippen LogP contribution in [0.15, 0.2) is 30.3 Å². The van der Waals surface area contributed by atoms with Crippen LogP contribution in [0.4, 0.5) is 0 Å². The molecular weight excluding hydrogens is 194 g/mol. The minimum absolute atomic E-state index is 0.133. The minimum Gasteiger partial charge on any atom is -0.550 e. The summed E-state index contributed by atoms with van der Waals surface area (Å²) in [5.74, 6) is -0.950. The molecule has 0 aliphatic carbocycles. The van der Waals surface area contributed by atoms with Crippen molar-refractivity contribution < 1.29 is 15.2 Å². The van der Waals surface area contributed by atoms with Gasteiger partial charge in [-0.15, -0.1) is 0 Å². The predicted octanol–water partition coefficient (Wildman–Crippen LogP) is -1.60. The zero-order valence-corrected chi connectivity index (χ0v) is 8.57. The van der Waals surface area contributed by atoms with Gasteiger partial charge in [-0.1, -0.05) is 30.3 Å². The van der Waals surface area contributed by atoms with Gasteiger partial charge in [0, 0.05) is 11.5 Å². The Hall–Kier alpha value is -1.88. The zero-order valence-electron chi connectivity index (χ0n) is 8.57. The molecule has 0 saturated heterocycles. The summed E-state index contributed by atoms with van der Waals surface area (Å²) in [5, 5.41) is 17.5. The molecule has 15 heavy (non-hydrogen) atoms. The Morgan fingerprint density at radius 3 is 2.33 bits per heavy atom. The van der Waals surface area contributed by atoms with Crippen molar-refractivity contribution in [3.63, 3.8) is 0 Å². The summed E-state index contributed by atoms with van der Waals surface area (Å²) in [6.45, 7) is 1.72. The van der Waals surface area contributed by atoms with E-state index < -0.39 is 5.97 Å². The number of hydrogen-bond donors (Lipinski definition) is 3. The molecular formula is C10H15N3O2. The molecule has 0 aromatic heterocycles. The third-order valence-corrected chi connectivity index (χ3v) is 1.40. The monoisotopic (exact) mass is 209 g/mol. The number of guanidine groups is 1. The van der Waals surface area contributed by atoms with Crippen LogP contribution in [-0.2, 0) is 11.3 Å². The first-order chi connectivity index (χ1) is 7.02. The highest BCUT2D eigenvalue weighted by Crippen LogP contribution is 1.93. The Labute approximate surface area is 88.4 Å². The van der Waals surface area contributed by atoms with E-state index in [9.17, 15) is 0 Å². The second kappa shape index (κ2) is 7.52. The lowest BCUT2D eigenvalue weighted by Crippen LogP contribution is -2.88. The lowest BCUT2D eigenvalue weighted by molar-refractivity contribution is -0.560. The number of benzene rings is 1. The molecule has 1 rings (SSSR count). The molecule has 0 saturated carbocycles. The SMILES string of the molecule is CC(=O)[O-].N=C(N)[NH2+]Cc1ccccc1. The van der Waals surface area contributed by atoms with Crippen molar-refractivity contribution >= 4 is 11.9 Å². The molecule has 0 heterocycles. The minimum atomic E-state index is -1.08. The Kier molecular flexibility index (Phi) is 6.57. The van der Waals surface area contributed by atoms with E-state index in [4.69, 9.17) is 21.0 Å². The lowest BCUT2D eigenvalue weighted by Gasteiger charge is -1.96. The van der Waals surface area contributed by atoms with Gasteiger partial charge in [-0.25, -0.2) is 5.41 Å². The standard InChI is InChI=1S/C8H11N3.C2H4O2/c9-8(10)11-6-7-4-2-1-3-5-7;1-2(3)4/h1-5H,6H2,(H4,9,10,11);1H3,(H,3,4). The van der Waals surface area contributed by atoms with Crippen LogP contribution in [-0.4, -0.2) is 11.9 Å². The predicted molar refractivity (Wildman–Crippen MR) is 54.7 cm³/mol. The number of carboxylic acids is 1. The summed E-state index contributed by atoms with van der Waals surface area (Å²) in [7, 11) is 0. The van der Waals surface area contributed by atoms with Gasteiger partial charge < -0.3 is 15.6 Å². The number of nitrogens with one attached hydrogen (secondary N) is 1. The largest absolute Gasteiger partial charge is 0.550 e. The second-order valence-corrected chi connectivity index (χ2v) is 2.84. The van der Waals surface area contributed by atoms with E-state index in [1.807, 2.05) is 30.3 Å². The molecule has 0 atom stereocenters. The van der Waals surface area contributed by atoms with Gasteiger partial charge in [0.05, 0.1) is 0 Å². The van der Waals surface area contributed by atoms with Crippen LogP contribution in [0.2, 0.25) is 0 Å². The van der Waals surface area contributed by atoms with Crippen molar-refractivity contribution in [3.05, 3.63) is 35.9 Å². The number of carbonyl (C=O) groups excluding carboxylic acids is 1. The van der Waals surface area contributed by atoms with Crippen LogP contribution in [0.25, 0.3) is 0 Å². The molecule has 0 radical (unpaired) electrons. The fraction of sp³-hybridized carbons (Fsp3) is 0.200. The van der Waals surface area contributed by atoms with E-state index in [0.29, 0.717) is 0 Å². The van der Waals surface area contributed by atoms with Crippen LogP contribution < -0.4 is 16.2 Å². The van der Waals surface area contributed by atoms with Crippen LogP contribution in [0.3, 0.4) is 0 Å². The fourth-order valence-corrected chi connectivity index (χ4v) is 0.842. The number of carboxylic acid groups (broad SMARTS) is 1. The van der Waals surface area contributed by atoms with Gasteiger partial charge in [0.1, 0.15) is 6.54 Å². The molecule has 0 bridgehead atoms. The quantitative estimate of drug-likeness (QED) is 0.403.